The highest BCUT2D eigenvalue weighted by molar-refractivity contribution is 7.98. The number of nitrogens with zero attached hydrogens (tertiary/aromatic N) is 2. The number of thioether (sulfide) groups is 1. The molecule has 0 spiro atoms. The Labute approximate surface area is 154 Å². The van der Waals surface area contributed by atoms with Gasteiger partial charge in [0.2, 0.25) is 5.91 Å². The molecule has 1 amide bonds. The first-order chi connectivity index (χ1) is 12.0. The van der Waals surface area contributed by atoms with Gasteiger partial charge in [-0.3, -0.25) is 14.2 Å². The molecule has 0 bridgehead atoms. The van der Waals surface area contributed by atoms with Crippen LogP contribution in [0.2, 0.25) is 0 Å². The molecule has 7 heteroatoms. The third-order valence-electron chi connectivity index (χ3n) is 4.09. The van der Waals surface area contributed by atoms with Gasteiger partial charge in [0.05, 0.1) is 11.7 Å². The first kappa shape index (κ1) is 17.7. The fraction of sp³-hybridized carbons (Fsp3) is 0.278. The van der Waals surface area contributed by atoms with Crippen LogP contribution < -0.4 is 10.9 Å². The maximum atomic E-state index is 12.6. The van der Waals surface area contributed by atoms with Crippen molar-refractivity contribution < 1.29 is 4.79 Å². The molecule has 0 atom stereocenters. The van der Waals surface area contributed by atoms with Crippen LogP contribution in [0.25, 0.3) is 10.2 Å². The van der Waals surface area contributed by atoms with Gasteiger partial charge in [-0.15, -0.1) is 23.1 Å². The summed E-state index contributed by atoms with van der Waals surface area (Å²) in [6.45, 7) is 4.23. The fourth-order valence-corrected chi connectivity index (χ4v) is 4.02. The van der Waals surface area contributed by atoms with Gasteiger partial charge in [0, 0.05) is 28.4 Å². The van der Waals surface area contributed by atoms with Crippen molar-refractivity contribution in [2.75, 3.05) is 11.6 Å². The van der Waals surface area contributed by atoms with Crippen LogP contribution in [0.1, 0.15) is 16.9 Å². The molecule has 0 saturated heterocycles. The zero-order valence-electron chi connectivity index (χ0n) is 14.3. The van der Waals surface area contributed by atoms with Crippen LogP contribution in [0.5, 0.6) is 0 Å². The zero-order valence-corrected chi connectivity index (χ0v) is 16.0. The number of thiophene rings is 1. The van der Waals surface area contributed by atoms with E-state index in [-0.39, 0.29) is 17.9 Å². The van der Waals surface area contributed by atoms with Crippen molar-refractivity contribution >= 4 is 44.9 Å². The van der Waals surface area contributed by atoms with Gasteiger partial charge in [-0.2, -0.15) is 0 Å². The van der Waals surface area contributed by atoms with E-state index in [1.165, 1.54) is 22.2 Å². The number of aryl methyl sites for hydroxylation is 3. The van der Waals surface area contributed by atoms with E-state index in [0.717, 1.165) is 25.9 Å². The number of rotatable bonds is 5. The van der Waals surface area contributed by atoms with Gasteiger partial charge in [0.25, 0.3) is 5.56 Å². The molecule has 0 saturated carbocycles. The molecule has 3 aromatic rings. The second-order valence-electron chi connectivity index (χ2n) is 5.74. The lowest BCUT2D eigenvalue weighted by Crippen LogP contribution is -2.23. The van der Waals surface area contributed by atoms with Gasteiger partial charge in [0.1, 0.15) is 4.83 Å². The molecule has 2 heterocycles. The van der Waals surface area contributed by atoms with Crippen LogP contribution in [-0.2, 0) is 11.3 Å². The van der Waals surface area contributed by atoms with Gasteiger partial charge < -0.3 is 5.32 Å². The number of benzene rings is 1. The topological polar surface area (TPSA) is 64.0 Å². The summed E-state index contributed by atoms with van der Waals surface area (Å²) in [5, 5.41) is 3.54. The van der Waals surface area contributed by atoms with E-state index in [4.69, 9.17) is 0 Å². The van der Waals surface area contributed by atoms with Crippen molar-refractivity contribution in [1.82, 2.24) is 9.55 Å². The Kier molecular flexibility index (Phi) is 5.24. The molecule has 0 fully saturated rings. The third kappa shape index (κ3) is 3.77. The fourth-order valence-electron chi connectivity index (χ4n) is 2.58. The van der Waals surface area contributed by atoms with E-state index in [1.807, 2.05) is 44.4 Å². The Morgan fingerprint density at radius 3 is 2.92 bits per heavy atom. The maximum Gasteiger partial charge on any atom is 0.262 e. The molecule has 2 aromatic heterocycles. The summed E-state index contributed by atoms with van der Waals surface area (Å²) in [7, 11) is 0. The van der Waals surface area contributed by atoms with Gasteiger partial charge in [-0.25, -0.2) is 4.98 Å². The molecule has 0 aliphatic rings. The number of anilines is 1. The van der Waals surface area contributed by atoms with Crippen molar-refractivity contribution in [1.29, 1.82) is 0 Å². The van der Waals surface area contributed by atoms with Crippen molar-refractivity contribution in [2.24, 2.45) is 0 Å². The molecule has 1 N–H and O–H groups in total. The van der Waals surface area contributed by atoms with E-state index < -0.39 is 0 Å². The quantitative estimate of drug-likeness (QED) is 0.691. The van der Waals surface area contributed by atoms with Crippen LogP contribution in [0.3, 0.4) is 0 Å². The van der Waals surface area contributed by atoms with Crippen molar-refractivity contribution in [3.63, 3.8) is 0 Å². The molecule has 5 nitrogen and oxygen atoms in total. The summed E-state index contributed by atoms with van der Waals surface area (Å²) in [5.74, 6) is -0.122. The third-order valence-corrected chi connectivity index (χ3v) is 5.93. The predicted octanol–water partition coefficient (Wildman–Crippen LogP) is 3.83. The molecule has 0 unspecified atom stereocenters. The molecule has 0 aliphatic heterocycles. The molecular formula is C18H19N3O2S2. The normalized spacial score (nSPS) is 11.0. The Morgan fingerprint density at radius 2 is 2.16 bits per heavy atom. The summed E-state index contributed by atoms with van der Waals surface area (Å²) in [5.41, 5.74) is 1.66. The Bertz CT molecular complexity index is 992. The van der Waals surface area contributed by atoms with Crippen molar-refractivity contribution in [3.05, 3.63) is 51.4 Å². The number of aromatic nitrogens is 2. The molecule has 25 heavy (non-hydrogen) atoms. The number of fused-ring (bicyclic) bond motifs is 1. The lowest BCUT2D eigenvalue weighted by molar-refractivity contribution is -0.116. The Hall–Kier alpha value is -2.12. The minimum atomic E-state index is -0.122. The molecule has 130 valence electrons. The second-order valence-corrected chi connectivity index (χ2v) is 7.82. The number of hydrogen-bond donors (Lipinski definition) is 1. The summed E-state index contributed by atoms with van der Waals surface area (Å²) < 4.78 is 1.51. The SMILES string of the molecule is CSc1cccc(NC(=O)CCn2cnc3sc(C)c(C)c3c2=O)c1. The monoisotopic (exact) mass is 373 g/mol. The van der Waals surface area contributed by atoms with E-state index in [9.17, 15) is 9.59 Å². The second kappa shape index (κ2) is 7.41. The number of amides is 1. The minimum Gasteiger partial charge on any atom is -0.326 e. The summed E-state index contributed by atoms with van der Waals surface area (Å²) >= 11 is 3.15. The number of nitrogens with one attached hydrogen (secondary N) is 1. The molecule has 0 aliphatic carbocycles. The van der Waals surface area contributed by atoms with Gasteiger partial charge in [-0.1, -0.05) is 6.07 Å². The molecule has 0 radical (unpaired) electrons. The van der Waals surface area contributed by atoms with Crippen LogP contribution in [0, 0.1) is 13.8 Å². The van der Waals surface area contributed by atoms with Gasteiger partial charge in [-0.05, 0) is 43.9 Å². The van der Waals surface area contributed by atoms with Gasteiger partial charge >= 0.3 is 0 Å². The smallest absolute Gasteiger partial charge is 0.262 e. The number of hydrogen-bond acceptors (Lipinski definition) is 5. The maximum absolute atomic E-state index is 12.6. The summed E-state index contributed by atoms with van der Waals surface area (Å²) in [4.78, 5) is 32.1. The minimum absolute atomic E-state index is 0.0796. The van der Waals surface area contributed by atoms with E-state index in [2.05, 4.69) is 10.3 Å². The summed E-state index contributed by atoms with van der Waals surface area (Å²) in [6.07, 6.45) is 3.74. The first-order valence-electron chi connectivity index (χ1n) is 7.88. The van der Waals surface area contributed by atoms with Crippen LogP contribution in [0.15, 0.2) is 40.3 Å². The molecular weight excluding hydrogens is 354 g/mol. The first-order valence-corrected chi connectivity index (χ1v) is 9.92. The predicted molar refractivity (Wildman–Crippen MR) is 105 cm³/mol. The highest BCUT2D eigenvalue weighted by Gasteiger charge is 2.12. The average Bonchev–Trinajstić information content (AvgIpc) is 2.89. The van der Waals surface area contributed by atoms with Crippen molar-refractivity contribution in [3.8, 4) is 0 Å². The van der Waals surface area contributed by atoms with Crippen LogP contribution >= 0.6 is 23.1 Å². The standard InChI is InChI=1S/C18H19N3O2S2/c1-11-12(2)25-17-16(11)18(23)21(10-19-17)8-7-15(22)20-13-5-4-6-14(9-13)24-3/h4-6,9-10H,7-8H2,1-3H3,(H,20,22). The highest BCUT2D eigenvalue weighted by atomic mass is 32.2. The van der Waals surface area contributed by atoms with Crippen molar-refractivity contribution in [2.45, 2.75) is 31.7 Å². The zero-order chi connectivity index (χ0) is 18.0. The molecule has 1 aromatic carbocycles. The largest absolute Gasteiger partial charge is 0.326 e. The number of carbonyl (C=O) groups is 1. The van der Waals surface area contributed by atoms with E-state index in [0.29, 0.717) is 11.9 Å². The average molecular weight is 374 g/mol. The molecule has 3 rings (SSSR count). The number of carbonyl (C=O) groups excluding carboxylic acids is 1. The van der Waals surface area contributed by atoms with Gasteiger partial charge in [0.15, 0.2) is 0 Å². The van der Waals surface area contributed by atoms with Crippen LogP contribution in [-0.4, -0.2) is 21.7 Å². The van der Waals surface area contributed by atoms with Crippen LogP contribution in [0.4, 0.5) is 5.69 Å². The summed E-state index contributed by atoms with van der Waals surface area (Å²) in [6, 6.07) is 7.69. The highest BCUT2D eigenvalue weighted by Crippen LogP contribution is 2.25. The van der Waals surface area contributed by atoms with E-state index >= 15 is 0 Å². The van der Waals surface area contributed by atoms with E-state index in [1.54, 1.807) is 11.8 Å². The Morgan fingerprint density at radius 1 is 1.36 bits per heavy atom. The Balaban J connectivity index is 1.72. The lowest BCUT2D eigenvalue weighted by Gasteiger charge is -2.08. The lowest BCUT2D eigenvalue weighted by atomic mass is 10.2.